The smallest absolute Gasteiger partial charge is 0.253 e. The molecule has 44 valence electrons. The third kappa shape index (κ3) is 0.992. The summed E-state index contributed by atoms with van der Waals surface area (Å²) < 4.78 is 9.43. The second-order valence-corrected chi connectivity index (χ2v) is 1.27. The van der Waals surface area contributed by atoms with Crippen LogP contribution in [0.5, 0.6) is 5.88 Å². The van der Waals surface area contributed by atoms with Crippen molar-refractivity contribution in [1.82, 2.24) is 5.16 Å². The van der Waals surface area contributed by atoms with Gasteiger partial charge >= 0.3 is 0 Å². The van der Waals surface area contributed by atoms with Crippen LogP contribution in [0.15, 0.2) is 16.9 Å². The molecule has 0 bridgehead atoms. The molecule has 1 rings (SSSR count). The van der Waals surface area contributed by atoms with Gasteiger partial charge in [-0.1, -0.05) is 0 Å². The summed E-state index contributed by atoms with van der Waals surface area (Å²) in [7, 11) is 0. The average molecular weight is 113 g/mol. The minimum Gasteiger partial charge on any atom is -0.476 e. The summed E-state index contributed by atoms with van der Waals surface area (Å²) in [4.78, 5) is 0. The molecule has 0 atom stereocenters. The highest BCUT2D eigenvalue weighted by Crippen LogP contribution is 2.02. The van der Waals surface area contributed by atoms with Gasteiger partial charge in [0.05, 0.1) is 6.61 Å². The Bertz CT molecular complexity index is 136. The Hall–Kier alpha value is -0.990. The molecule has 0 N–H and O–H groups in total. The van der Waals surface area contributed by atoms with E-state index in [1.807, 2.05) is 6.92 Å². The van der Waals surface area contributed by atoms with E-state index in [0.717, 1.165) is 0 Å². The van der Waals surface area contributed by atoms with Crippen molar-refractivity contribution in [3.63, 3.8) is 0 Å². The molecule has 1 aromatic heterocycles. The highest BCUT2D eigenvalue weighted by atomic mass is 16.5. The maximum atomic E-state index is 4.94. The molecule has 0 saturated heterocycles. The van der Waals surface area contributed by atoms with Crippen molar-refractivity contribution in [2.24, 2.45) is 0 Å². The molecule has 1 heterocycles. The van der Waals surface area contributed by atoms with Crippen LogP contribution in [0.3, 0.4) is 0 Å². The van der Waals surface area contributed by atoms with Crippen LogP contribution in [0.4, 0.5) is 0 Å². The first-order valence-electron chi connectivity index (χ1n) is 2.46. The standard InChI is InChI=1S/C5H7NO2/c1-2-7-5-3-4-8-6-5/h3-4H,2H2,1H3. The third-order valence-electron chi connectivity index (χ3n) is 0.706. The lowest BCUT2D eigenvalue weighted by Crippen LogP contribution is -1.89. The van der Waals surface area contributed by atoms with Gasteiger partial charge in [0.2, 0.25) is 0 Å². The van der Waals surface area contributed by atoms with Crippen molar-refractivity contribution in [3.05, 3.63) is 12.3 Å². The fourth-order valence-corrected chi connectivity index (χ4v) is 0.424. The van der Waals surface area contributed by atoms with Gasteiger partial charge in [-0.25, -0.2) is 0 Å². The molecule has 8 heavy (non-hydrogen) atoms. The zero-order chi connectivity index (χ0) is 5.82. The van der Waals surface area contributed by atoms with Crippen molar-refractivity contribution < 1.29 is 9.26 Å². The molecule has 0 fully saturated rings. The number of nitrogens with zero attached hydrogens (tertiary/aromatic N) is 1. The summed E-state index contributed by atoms with van der Waals surface area (Å²) in [6.45, 7) is 2.53. The second-order valence-electron chi connectivity index (χ2n) is 1.27. The fraction of sp³-hybridized carbons (Fsp3) is 0.400. The molecule has 0 aromatic carbocycles. The van der Waals surface area contributed by atoms with E-state index in [0.29, 0.717) is 12.5 Å². The summed E-state index contributed by atoms with van der Waals surface area (Å²) in [5.74, 6) is 0.549. The Balaban J connectivity index is 2.50. The predicted octanol–water partition coefficient (Wildman–Crippen LogP) is 1.07. The minimum atomic E-state index is 0.549. The quantitative estimate of drug-likeness (QED) is 0.575. The normalized spacial score (nSPS) is 9.12. The monoisotopic (exact) mass is 113 g/mol. The molecule has 0 spiro atoms. The summed E-state index contributed by atoms with van der Waals surface area (Å²) in [6, 6.07) is 1.67. The predicted molar refractivity (Wildman–Crippen MR) is 27.7 cm³/mol. The van der Waals surface area contributed by atoms with E-state index < -0.39 is 0 Å². The van der Waals surface area contributed by atoms with Crippen molar-refractivity contribution in [2.45, 2.75) is 6.92 Å². The fourth-order valence-electron chi connectivity index (χ4n) is 0.424. The highest BCUT2D eigenvalue weighted by molar-refractivity contribution is 5.01. The molecule has 0 saturated carbocycles. The number of hydrogen-bond donors (Lipinski definition) is 0. The average Bonchev–Trinajstić information content (AvgIpc) is 2.19. The van der Waals surface area contributed by atoms with Gasteiger partial charge in [-0.05, 0) is 12.1 Å². The lowest BCUT2D eigenvalue weighted by molar-refractivity contribution is 0.295. The Morgan fingerprint density at radius 3 is 3.25 bits per heavy atom. The first kappa shape index (κ1) is 5.15. The van der Waals surface area contributed by atoms with Gasteiger partial charge in [0.15, 0.2) is 0 Å². The van der Waals surface area contributed by atoms with Crippen molar-refractivity contribution in [2.75, 3.05) is 6.61 Å². The van der Waals surface area contributed by atoms with Crippen molar-refractivity contribution in [3.8, 4) is 5.88 Å². The molecule has 3 nitrogen and oxygen atoms in total. The zero-order valence-electron chi connectivity index (χ0n) is 4.63. The maximum absolute atomic E-state index is 4.94. The van der Waals surface area contributed by atoms with Crippen LogP contribution in [0, 0.1) is 0 Å². The van der Waals surface area contributed by atoms with E-state index in [4.69, 9.17) is 4.74 Å². The first-order valence-corrected chi connectivity index (χ1v) is 2.46. The third-order valence-corrected chi connectivity index (χ3v) is 0.706. The Morgan fingerprint density at radius 1 is 1.88 bits per heavy atom. The Labute approximate surface area is 47.2 Å². The number of ether oxygens (including phenoxy) is 1. The molecular formula is C5H7NO2. The van der Waals surface area contributed by atoms with Crippen molar-refractivity contribution in [1.29, 1.82) is 0 Å². The van der Waals surface area contributed by atoms with Crippen LogP contribution in [-0.2, 0) is 0 Å². The van der Waals surface area contributed by atoms with Crippen molar-refractivity contribution >= 4 is 0 Å². The summed E-state index contributed by atoms with van der Waals surface area (Å²) in [5, 5.41) is 3.51. The lowest BCUT2D eigenvalue weighted by Gasteiger charge is -1.90. The molecule has 0 radical (unpaired) electrons. The molecule has 0 aliphatic rings. The molecule has 0 aliphatic heterocycles. The van der Waals surface area contributed by atoms with E-state index in [1.54, 1.807) is 6.07 Å². The van der Waals surface area contributed by atoms with Crippen LogP contribution in [-0.4, -0.2) is 11.8 Å². The SMILES string of the molecule is CCOc1ccon1. The van der Waals surface area contributed by atoms with Gasteiger partial charge in [-0.2, -0.15) is 0 Å². The summed E-state index contributed by atoms with van der Waals surface area (Å²) in [5.41, 5.74) is 0. The van der Waals surface area contributed by atoms with E-state index in [9.17, 15) is 0 Å². The van der Waals surface area contributed by atoms with Crippen LogP contribution in [0.2, 0.25) is 0 Å². The van der Waals surface area contributed by atoms with Gasteiger partial charge in [0, 0.05) is 6.07 Å². The molecule has 0 amide bonds. The van der Waals surface area contributed by atoms with Gasteiger partial charge < -0.3 is 9.26 Å². The van der Waals surface area contributed by atoms with Gasteiger partial charge in [0.25, 0.3) is 5.88 Å². The van der Waals surface area contributed by atoms with Crippen LogP contribution in [0.25, 0.3) is 0 Å². The highest BCUT2D eigenvalue weighted by Gasteiger charge is 1.90. The molecule has 3 heteroatoms. The van der Waals surface area contributed by atoms with E-state index >= 15 is 0 Å². The minimum absolute atomic E-state index is 0.549. The second kappa shape index (κ2) is 2.35. The van der Waals surface area contributed by atoms with E-state index in [2.05, 4.69) is 9.68 Å². The largest absolute Gasteiger partial charge is 0.476 e. The zero-order valence-corrected chi connectivity index (χ0v) is 4.63. The van der Waals surface area contributed by atoms with Gasteiger partial charge in [-0.3, -0.25) is 0 Å². The van der Waals surface area contributed by atoms with Crippen LogP contribution in [0.1, 0.15) is 6.92 Å². The summed E-state index contributed by atoms with van der Waals surface area (Å²) in [6.07, 6.45) is 1.48. The van der Waals surface area contributed by atoms with Crippen LogP contribution < -0.4 is 4.74 Å². The molecular weight excluding hydrogens is 106 g/mol. The first-order chi connectivity index (χ1) is 3.93. The maximum Gasteiger partial charge on any atom is 0.253 e. The number of hydrogen-bond acceptors (Lipinski definition) is 3. The number of aromatic nitrogens is 1. The topological polar surface area (TPSA) is 35.3 Å². The van der Waals surface area contributed by atoms with Gasteiger partial charge in [-0.15, -0.1) is 0 Å². The lowest BCUT2D eigenvalue weighted by atomic mass is 10.7. The Morgan fingerprint density at radius 2 is 2.75 bits per heavy atom. The van der Waals surface area contributed by atoms with Gasteiger partial charge in [0.1, 0.15) is 6.26 Å². The van der Waals surface area contributed by atoms with Crippen LogP contribution >= 0.6 is 0 Å². The van der Waals surface area contributed by atoms with E-state index in [1.165, 1.54) is 6.26 Å². The number of rotatable bonds is 2. The van der Waals surface area contributed by atoms with E-state index in [-0.39, 0.29) is 0 Å². The summed E-state index contributed by atoms with van der Waals surface area (Å²) >= 11 is 0. The molecule has 1 aromatic rings. The molecule has 0 unspecified atom stereocenters. The Kier molecular flexibility index (Phi) is 1.51. The molecule has 0 aliphatic carbocycles.